The Balaban J connectivity index is 1.76. The number of imide groups is 1. The number of amides is 3. The van der Waals surface area contributed by atoms with Crippen LogP contribution in [0.15, 0.2) is 24.3 Å². The van der Waals surface area contributed by atoms with E-state index in [1.54, 1.807) is 0 Å². The Bertz CT molecular complexity index is 568. The number of benzene rings is 1. The van der Waals surface area contributed by atoms with Gasteiger partial charge in [0, 0.05) is 11.7 Å². The second-order valence-electron chi connectivity index (χ2n) is 6.53. The van der Waals surface area contributed by atoms with E-state index in [2.05, 4.69) is 46.7 Å². The smallest absolute Gasteiger partial charge is 0.321 e. The molecule has 132 valence electrons. The highest BCUT2D eigenvalue weighted by Gasteiger charge is 2.23. The lowest BCUT2D eigenvalue weighted by Crippen LogP contribution is -3.16. The summed E-state index contributed by atoms with van der Waals surface area (Å²) in [6.07, 6.45) is 0.841. The first kappa shape index (κ1) is 18.3. The summed E-state index contributed by atoms with van der Waals surface area (Å²) >= 11 is 0. The number of piperazine rings is 1. The van der Waals surface area contributed by atoms with Gasteiger partial charge in [0.2, 0.25) is 0 Å². The third-order valence-corrected chi connectivity index (χ3v) is 4.58. The van der Waals surface area contributed by atoms with Crippen LogP contribution in [-0.2, 0) is 4.79 Å². The molecule has 24 heavy (non-hydrogen) atoms. The average Bonchev–Trinajstić information content (AvgIpc) is 2.55. The first-order valence-corrected chi connectivity index (χ1v) is 8.74. The standard InChI is InChI=1S/C18H28N4O2/c1-4-15(3)19-18(24)20-17(23)13-21-9-11-22(12-10-21)16-8-6-5-7-14(16)2/h5-8,15H,4,9-13H2,1-3H3,(H2,19,20,23,24)/p+1/t15-/m0/s1. The van der Waals surface area contributed by atoms with E-state index in [0.29, 0.717) is 6.54 Å². The number of urea groups is 1. The maximum Gasteiger partial charge on any atom is 0.321 e. The van der Waals surface area contributed by atoms with Crippen molar-refractivity contribution in [2.75, 3.05) is 37.6 Å². The van der Waals surface area contributed by atoms with Crippen LogP contribution in [0.5, 0.6) is 0 Å². The topological polar surface area (TPSA) is 65.9 Å². The number of quaternary nitrogens is 1. The summed E-state index contributed by atoms with van der Waals surface area (Å²) in [5.74, 6) is -0.213. The molecule has 0 aliphatic carbocycles. The Kier molecular flexibility index (Phi) is 6.61. The summed E-state index contributed by atoms with van der Waals surface area (Å²) in [5.41, 5.74) is 2.55. The molecule has 0 saturated carbocycles. The quantitative estimate of drug-likeness (QED) is 0.727. The van der Waals surface area contributed by atoms with E-state index in [0.717, 1.165) is 32.6 Å². The molecule has 1 aromatic carbocycles. The monoisotopic (exact) mass is 333 g/mol. The number of anilines is 1. The van der Waals surface area contributed by atoms with Crippen molar-refractivity contribution in [2.45, 2.75) is 33.2 Å². The summed E-state index contributed by atoms with van der Waals surface area (Å²) in [6.45, 7) is 10.0. The number of hydrogen-bond acceptors (Lipinski definition) is 3. The fourth-order valence-corrected chi connectivity index (χ4v) is 2.92. The largest absolute Gasteiger partial charge is 0.360 e. The molecule has 6 nitrogen and oxygen atoms in total. The van der Waals surface area contributed by atoms with Crippen molar-refractivity contribution in [3.8, 4) is 0 Å². The Labute approximate surface area is 144 Å². The molecule has 2 rings (SSSR count). The number of aryl methyl sites for hydroxylation is 1. The minimum absolute atomic E-state index is 0.0720. The molecule has 1 saturated heterocycles. The van der Waals surface area contributed by atoms with Gasteiger partial charge < -0.3 is 15.1 Å². The van der Waals surface area contributed by atoms with Crippen LogP contribution in [0, 0.1) is 6.92 Å². The number of hydrogen-bond donors (Lipinski definition) is 3. The maximum atomic E-state index is 12.0. The van der Waals surface area contributed by atoms with Crippen LogP contribution in [0.25, 0.3) is 0 Å². The summed E-state index contributed by atoms with van der Waals surface area (Å²) < 4.78 is 0. The normalized spacial score (nSPS) is 16.5. The predicted octanol–water partition coefficient (Wildman–Crippen LogP) is 0.324. The van der Waals surface area contributed by atoms with Crippen molar-refractivity contribution in [2.24, 2.45) is 0 Å². The van der Waals surface area contributed by atoms with Crippen LogP contribution in [-0.4, -0.2) is 50.7 Å². The van der Waals surface area contributed by atoms with Gasteiger partial charge >= 0.3 is 6.03 Å². The van der Waals surface area contributed by atoms with Crippen molar-refractivity contribution in [3.63, 3.8) is 0 Å². The van der Waals surface area contributed by atoms with E-state index in [4.69, 9.17) is 0 Å². The molecule has 3 amide bonds. The summed E-state index contributed by atoms with van der Waals surface area (Å²) in [4.78, 5) is 27.3. The Morgan fingerprint density at radius 2 is 1.92 bits per heavy atom. The molecule has 1 heterocycles. The van der Waals surface area contributed by atoms with Crippen LogP contribution < -0.4 is 20.4 Å². The molecule has 1 atom stereocenters. The van der Waals surface area contributed by atoms with Gasteiger partial charge in [-0.05, 0) is 31.9 Å². The fourth-order valence-electron chi connectivity index (χ4n) is 2.92. The Hall–Kier alpha value is -2.08. The summed E-state index contributed by atoms with van der Waals surface area (Å²) in [7, 11) is 0. The summed E-state index contributed by atoms with van der Waals surface area (Å²) in [6, 6.07) is 8.06. The van der Waals surface area contributed by atoms with E-state index in [1.807, 2.05) is 13.8 Å². The molecule has 1 aliphatic heterocycles. The minimum Gasteiger partial charge on any atom is -0.360 e. The molecule has 0 radical (unpaired) electrons. The van der Waals surface area contributed by atoms with Crippen molar-refractivity contribution in [1.29, 1.82) is 0 Å². The first-order chi connectivity index (χ1) is 11.5. The van der Waals surface area contributed by atoms with Gasteiger partial charge in [0.1, 0.15) is 0 Å². The molecule has 6 heteroatoms. The number of carbonyl (C=O) groups excluding carboxylic acids is 2. The highest BCUT2D eigenvalue weighted by Crippen LogP contribution is 2.18. The Morgan fingerprint density at radius 3 is 2.54 bits per heavy atom. The first-order valence-electron chi connectivity index (χ1n) is 8.74. The number of nitrogens with zero attached hydrogens (tertiary/aromatic N) is 1. The van der Waals surface area contributed by atoms with Gasteiger partial charge in [0.05, 0.1) is 26.2 Å². The van der Waals surface area contributed by atoms with Crippen molar-refractivity contribution < 1.29 is 14.5 Å². The second-order valence-corrected chi connectivity index (χ2v) is 6.53. The van der Waals surface area contributed by atoms with Crippen molar-refractivity contribution in [3.05, 3.63) is 29.8 Å². The lowest BCUT2D eigenvalue weighted by Gasteiger charge is -2.34. The molecule has 3 N–H and O–H groups in total. The van der Waals surface area contributed by atoms with Gasteiger partial charge in [0.15, 0.2) is 6.54 Å². The molecule has 1 aromatic rings. The van der Waals surface area contributed by atoms with Crippen LogP contribution in [0.2, 0.25) is 0 Å². The van der Waals surface area contributed by atoms with Crippen LogP contribution >= 0.6 is 0 Å². The van der Waals surface area contributed by atoms with Crippen LogP contribution in [0.4, 0.5) is 10.5 Å². The van der Waals surface area contributed by atoms with Gasteiger partial charge in [-0.25, -0.2) is 4.79 Å². The van der Waals surface area contributed by atoms with E-state index in [9.17, 15) is 9.59 Å². The second kappa shape index (κ2) is 8.68. The number of para-hydroxylation sites is 1. The zero-order chi connectivity index (χ0) is 17.5. The molecule has 0 aromatic heterocycles. The highest BCUT2D eigenvalue weighted by atomic mass is 16.2. The lowest BCUT2D eigenvalue weighted by atomic mass is 10.1. The van der Waals surface area contributed by atoms with E-state index >= 15 is 0 Å². The van der Waals surface area contributed by atoms with Crippen LogP contribution in [0.3, 0.4) is 0 Å². The molecule has 1 aliphatic rings. The zero-order valence-corrected chi connectivity index (χ0v) is 14.9. The third kappa shape index (κ3) is 5.23. The number of carbonyl (C=O) groups is 2. The summed E-state index contributed by atoms with van der Waals surface area (Å²) in [5, 5.41) is 5.17. The molecule has 0 spiro atoms. The lowest BCUT2D eigenvalue weighted by molar-refractivity contribution is -0.892. The van der Waals surface area contributed by atoms with E-state index < -0.39 is 6.03 Å². The predicted molar refractivity (Wildman–Crippen MR) is 95.4 cm³/mol. The van der Waals surface area contributed by atoms with Gasteiger partial charge in [-0.15, -0.1) is 0 Å². The SMILES string of the molecule is CC[C@H](C)NC(=O)NC(=O)C[NH+]1CCN(c2ccccc2C)CC1. The van der Waals surface area contributed by atoms with Crippen LogP contribution in [0.1, 0.15) is 25.8 Å². The van der Waals surface area contributed by atoms with E-state index in [1.165, 1.54) is 16.2 Å². The van der Waals surface area contributed by atoms with Gasteiger partial charge in [-0.2, -0.15) is 0 Å². The molecule has 0 bridgehead atoms. The Morgan fingerprint density at radius 1 is 1.25 bits per heavy atom. The highest BCUT2D eigenvalue weighted by molar-refractivity contribution is 5.94. The van der Waals surface area contributed by atoms with Crippen molar-refractivity contribution in [1.82, 2.24) is 10.6 Å². The zero-order valence-electron chi connectivity index (χ0n) is 14.9. The van der Waals surface area contributed by atoms with Crippen molar-refractivity contribution >= 4 is 17.6 Å². The third-order valence-electron chi connectivity index (χ3n) is 4.58. The van der Waals surface area contributed by atoms with E-state index in [-0.39, 0.29) is 11.9 Å². The maximum absolute atomic E-state index is 12.0. The van der Waals surface area contributed by atoms with Gasteiger partial charge in [0.25, 0.3) is 5.91 Å². The van der Waals surface area contributed by atoms with Gasteiger partial charge in [-0.1, -0.05) is 25.1 Å². The molecule has 0 unspecified atom stereocenters. The number of rotatable bonds is 5. The fraction of sp³-hybridized carbons (Fsp3) is 0.556. The molecule has 1 fully saturated rings. The molecular formula is C18H29N4O2+. The average molecular weight is 333 g/mol. The van der Waals surface area contributed by atoms with Gasteiger partial charge in [-0.3, -0.25) is 10.1 Å². The molecular weight excluding hydrogens is 304 g/mol. The number of nitrogens with one attached hydrogen (secondary N) is 3. The minimum atomic E-state index is -0.396.